The minimum Gasteiger partial charge on any atom is -0.444 e. The number of nitrogens with zero attached hydrogens (tertiary/aromatic N) is 1. The van der Waals surface area contributed by atoms with Gasteiger partial charge in [0.15, 0.2) is 0 Å². The zero-order valence-corrected chi connectivity index (χ0v) is 14.7. The standard InChI is InChI=1S/C16H22BrFN2O2/c1-16(2,3)22-15(21)19-13-5-4-6-20(10-13)14-8-11(17)7-12(18)9-14/h7-9,13H,4-6,10H2,1-3H3,(H,19,21). The molecule has 4 nitrogen and oxygen atoms in total. The van der Waals surface area contributed by atoms with Crippen LogP contribution in [0.2, 0.25) is 0 Å². The maximum Gasteiger partial charge on any atom is 0.407 e. The molecule has 1 atom stereocenters. The molecule has 1 aliphatic heterocycles. The molecule has 0 aromatic heterocycles. The van der Waals surface area contributed by atoms with E-state index in [0.717, 1.165) is 25.1 Å². The average molecular weight is 373 g/mol. The van der Waals surface area contributed by atoms with Crippen LogP contribution in [0.15, 0.2) is 22.7 Å². The lowest BCUT2D eigenvalue weighted by atomic mass is 10.1. The Hall–Kier alpha value is -1.30. The maximum atomic E-state index is 13.5. The first-order chi connectivity index (χ1) is 10.2. The van der Waals surface area contributed by atoms with Gasteiger partial charge in [-0.1, -0.05) is 15.9 Å². The third kappa shape index (κ3) is 5.16. The molecule has 1 saturated heterocycles. The fourth-order valence-corrected chi connectivity index (χ4v) is 2.98. The number of hydrogen-bond donors (Lipinski definition) is 1. The number of carbonyl (C=O) groups excluding carboxylic acids is 1. The number of halogens is 2. The summed E-state index contributed by atoms with van der Waals surface area (Å²) in [5.74, 6) is -0.272. The van der Waals surface area contributed by atoms with Gasteiger partial charge in [-0.2, -0.15) is 0 Å². The molecule has 0 radical (unpaired) electrons. The molecule has 1 aromatic carbocycles. The van der Waals surface area contributed by atoms with Crippen LogP contribution in [0.5, 0.6) is 0 Å². The molecule has 1 fully saturated rings. The molecule has 1 amide bonds. The van der Waals surface area contributed by atoms with Crippen molar-refractivity contribution in [1.82, 2.24) is 5.32 Å². The topological polar surface area (TPSA) is 41.6 Å². The Labute approximate surface area is 139 Å². The summed E-state index contributed by atoms with van der Waals surface area (Å²) >= 11 is 3.31. The van der Waals surface area contributed by atoms with E-state index in [4.69, 9.17) is 4.74 Å². The van der Waals surface area contributed by atoms with Crippen molar-refractivity contribution >= 4 is 27.7 Å². The van der Waals surface area contributed by atoms with Crippen LogP contribution in [-0.2, 0) is 4.74 Å². The van der Waals surface area contributed by atoms with Gasteiger partial charge in [-0.3, -0.25) is 0 Å². The molecule has 1 aromatic rings. The van der Waals surface area contributed by atoms with E-state index < -0.39 is 11.7 Å². The Bertz CT molecular complexity index is 525. The Balaban J connectivity index is 1.98. The van der Waals surface area contributed by atoms with Gasteiger partial charge in [-0.25, -0.2) is 9.18 Å². The van der Waals surface area contributed by atoms with Gasteiger partial charge in [0.1, 0.15) is 11.4 Å². The summed E-state index contributed by atoms with van der Waals surface area (Å²) in [6, 6.07) is 4.84. The maximum absolute atomic E-state index is 13.5. The van der Waals surface area contributed by atoms with Crippen LogP contribution in [-0.4, -0.2) is 30.8 Å². The van der Waals surface area contributed by atoms with Crippen LogP contribution in [0, 0.1) is 5.82 Å². The summed E-state index contributed by atoms with van der Waals surface area (Å²) in [5, 5.41) is 2.90. The second-order valence-corrected chi connectivity index (χ2v) is 7.47. The predicted molar refractivity (Wildman–Crippen MR) is 88.7 cm³/mol. The van der Waals surface area contributed by atoms with E-state index in [1.807, 2.05) is 26.8 Å². The number of piperidine rings is 1. The summed E-state index contributed by atoms with van der Waals surface area (Å²) in [6.07, 6.45) is 1.43. The van der Waals surface area contributed by atoms with Crippen LogP contribution in [0.4, 0.5) is 14.9 Å². The van der Waals surface area contributed by atoms with E-state index >= 15 is 0 Å². The van der Waals surface area contributed by atoms with Crippen molar-refractivity contribution in [2.45, 2.75) is 45.3 Å². The highest BCUT2D eigenvalue weighted by atomic mass is 79.9. The number of nitrogens with one attached hydrogen (secondary N) is 1. The van der Waals surface area contributed by atoms with E-state index in [0.29, 0.717) is 11.0 Å². The molecule has 1 aliphatic rings. The van der Waals surface area contributed by atoms with Crippen molar-refractivity contribution in [2.24, 2.45) is 0 Å². The SMILES string of the molecule is CC(C)(C)OC(=O)NC1CCCN(c2cc(F)cc(Br)c2)C1. The highest BCUT2D eigenvalue weighted by molar-refractivity contribution is 9.10. The van der Waals surface area contributed by atoms with E-state index in [1.54, 1.807) is 0 Å². The first kappa shape index (κ1) is 17.1. The third-order valence-electron chi connectivity index (χ3n) is 3.35. The van der Waals surface area contributed by atoms with Crippen LogP contribution < -0.4 is 10.2 Å². The molecule has 1 unspecified atom stereocenters. The minimum atomic E-state index is -0.508. The largest absolute Gasteiger partial charge is 0.444 e. The molecular formula is C16H22BrFN2O2. The predicted octanol–water partition coefficient (Wildman–Crippen LogP) is 4.08. The number of carbonyl (C=O) groups is 1. The van der Waals surface area contributed by atoms with Crippen molar-refractivity contribution in [1.29, 1.82) is 0 Å². The fourth-order valence-electron chi connectivity index (χ4n) is 2.53. The van der Waals surface area contributed by atoms with Crippen LogP contribution >= 0.6 is 15.9 Å². The minimum absolute atomic E-state index is 0.00522. The smallest absolute Gasteiger partial charge is 0.407 e. The summed E-state index contributed by atoms with van der Waals surface area (Å²) in [7, 11) is 0. The molecular weight excluding hydrogens is 351 g/mol. The fraction of sp³-hybridized carbons (Fsp3) is 0.562. The van der Waals surface area contributed by atoms with Crippen LogP contribution in [0.1, 0.15) is 33.6 Å². The molecule has 122 valence electrons. The first-order valence-electron chi connectivity index (χ1n) is 7.43. The number of rotatable bonds is 2. The van der Waals surface area contributed by atoms with Crippen molar-refractivity contribution in [3.63, 3.8) is 0 Å². The van der Waals surface area contributed by atoms with E-state index in [1.165, 1.54) is 12.1 Å². The van der Waals surface area contributed by atoms with Gasteiger partial charge in [0.25, 0.3) is 0 Å². The van der Waals surface area contributed by atoms with Gasteiger partial charge in [-0.05, 0) is 51.8 Å². The van der Waals surface area contributed by atoms with Gasteiger partial charge >= 0.3 is 6.09 Å². The quantitative estimate of drug-likeness (QED) is 0.850. The molecule has 0 bridgehead atoms. The summed E-state index contributed by atoms with van der Waals surface area (Å²) in [6.45, 7) is 7.01. The normalized spacial score (nSPS) is 19.0. The lowest BCUT2D eigenvalue weighted by molar-refractivity contribution is 0.0500. The zero-order valence-electron chi connectivity index (χ0n) is 13.2. The molecule has 1 heterocycles. The van der Waals surface area contributed by atoms with Crippen LogP contribution in [0.3, 0.4) is 0 Å². The Morgan fingerprint density at radius 1 is 1.41 bits per heavy atom. The van der Waals surface area contributed by atoms with E-state index in [9.17, 15) is 9.18 Å². The number of anilines is 1. The molecule has 0 aliphatic carbocycles. The second-order valence-electron chi connectivity index (χ2n) is 6.56. The number of ether oxygens (including phenoxy) is 1. The molecule has 6 heteroatoms. The van der Waals surface area contributed by atoms with E-state index in [2.05, 4.69) is 26.1 Å². The first-order valence-corrected chi connectivity index (χ1v) is 8.23. The molecule has 0 saturated carbocycles. The van der Waals surface area contributed by atoms with Gasteiger partial charge in [0, 0.05) is 29.3 Å². The second kappa shape index (κ2) is 6.86. The van der Waals surface area contributed by atoms with Gasteiger partial charge in [0.2, 0.25) is 0 Å². The lowest BCUT2D eigenvalue weighted by Crippen LogP contribution is -2.49. The number of benzene rings is 1. The monoisotopic (exact) mass is 372 g/mol. The number of hydrogen-bond acceptors (Lipinski definition) is 3. The lowest BCUT2D eigenvalue weighted by Gasteiger charge is -2.35. The Morgan fingerprint density at radius 3 is 2.77 bits per heavy atom. The highest BCUT2D eigenvalue weighted by Crippen LogP contribution is 2.25. The van der Waals surface area contributed by atoms with Crippen molar-refractivity contribution in [2.75, 3.05) is 18.0 Å². The Kier molecular flexibility index (Phi) is 5.32. The molecule has 22 heavy (non-hydrogen) atoms. The van der Waals surface area contributed by atoms with Gasteiger partial charge in [-0.15, -0.1) is 0 Å². The van der Waals surface area contributed by atoms with Crippen LogP contribution in [0.25, 0.3) is 0 Å². The number of alkyl carbamates (subject to hydrolysis) is 1. The molecule has 2 rings (SSSR count). The Morgan fingerprint density at radius 2 is 2.14 bits per heavy atom. The molecule has 1 N–H and O–H groups in total. The number of amides is 1. The summed E-state index contributed by atoms with van der Waals surface area (Å²) in [5.41, 5.74) is 0.314. The summed E-state index contributed by atoms with van der Waals surface area (Å²) < 4.78 is 19.5. The van der Waals surface area contributed by atoms with Gasteiger partial charge < -0.3 is 15.0 Å². The van der Waals surface area contributed by atoms with Crippen molar-refractivity contribution in [3.05, 3.63) is 28.5 Å². The zero-order chi connectivity index (χ0) is 16.3. The van der Waals surface area contributed by atoms with E-state index in [-0.39, 0.29) is 11.9 Å². The molecule has 0 spiro atoms. The van der Waals surface area contributed by atoms with Gasteiger partial charge in [0.05, 0.1) is 0 Å². The highest BCUT2D eigenvalue weighted by Gasteiger charge is 2.24. The average Bonchev–Trinajstić information content (AvgIpc) is 2.35. The summed E-state index contributed by atoms with van der Waals surface area (Å²) in [4.78, 5) is 13.9. The van der Waals surface area contributed by atoms with Crippen molar-refractivity contribution in [3.8, 4) is 0 Å². The third-order valence-corrected chi connectivity index (χ3v) is 3.81. The van der Waals surface area contributed by atoms with Crippen molar-refractivity contribution < 1.29 is 13.9 Å².